The number of fused-ring (bicyclic) bond motifs is 1. The average Bonchev–Trinajstić information content (AvgIpc) is 2.86. The maximum absolute atomic E-state index is 6.59. The van der Waals surface area contributed by atoms with Crippen molar-refractivity contribution in [2.24, 2.45) is 5.73 Å². The molecule has 3 heteroatoms. The van der Waals surface area contributed by atoms with Crippen LogP contribution in [-0.4, -0.2) is 12.1 Å². The first kappa shape index (κ1) is 11.6. The summed E-state index contributed by atoms with van der Waals surface area (Å²) in [4.78, 5) is 3.26. The average molecular weight is 244 g/mol. The van der Waals surface area contributed by atoms with Crippen molar-refractivity contribution in [2.45, 2.75) is 37.6 Å². The van der Waals surface area contributed by atoms with Crippen molar-refractivity contribution >= 4 is 10.9 Å². The Bertz CT molecular complexity index is 553. The molecular weight excluding hydrogens is 224 g/mol. The van der Waals surface area contributed by atoms with E-state index in [2.05, 4.69) is 17.1 Å². The summed E-state index contributed by atoms with van der Waals surface area (Å²) in [5.41, 5.74) is 8.73. The maximum Gasteiger partial charge on any atom is 0.128 e. The minimum atomic E-state index is -0.176. The second-order valence-electron chi connectivity index (χ2n) is 5.33. The molecule has 1 saturated carbocycles. The van der Waals surface area contributed by atoms with E-state index in [4.69, 9.17) is 10.5 Å². The van der Waals surface area contributed by atoms with Crippen LogP contribution < -0.4 is 10.5 Å². The number of methoxy groups -OCH3 is 1. The largest absolute Gasteiger partial charge is 0.496 e. The second-order valence-corrected chi connectivity index (χ2v) is 5.33. The van der Waals surface area contributed by atoms with Gasteiger partial charge in [-0.05, 0) is 36.6 Å². The van der Waals surface area contributed by atoms with E-state index >= 15 is 0 Å². The maximum atomic E-state index is 6.59. The van der Waals surface area contributed by atoms with Crippen molar-refractivity contribution in [3.05, 3.63) is 30.0 Å². The van der Waals surface area contributed by atoms with Gasteiger partial charge in [0.1, 0.15) is 5.75 Å². The summed E-state index contributed by atoms with van der Waals surface area (Å²) >= 11 is 0. The summed E-state index contributed by atoms with van der Waals surface area (Å²) in [6.07, 6.45) is 7.84. The second kappa shape index (κ2) is 4.32. The third-order valence-corrected chi connectivity index (χ3v) is 4.17. The van der Waals surface area contributed by atoms with Crippen molar-refractivity contribution in [3.8, 4) is 5.75 Å². The Labute approximate surface area is 107 Å². The van der Waals surface area contributed by atoms with Crippen molar-refractivity contribution in [2.75, 3.05) is 7.11 Å². The summed E-state index contributed by atoms with van der Waals surface area (Å²) in [5.74, 6) is 0.916. The zero-order chi connectivity index (χ0) is 12.6. The highest BCUT2D eigenvalue weighted by molar-refractivity contribution is 5.86. The molecule has 3 nitrogen and oxygen atoms in total. The van der Waals surface area contributed by atoms with E-state index in [0.29, 0.717) is 0 Å². The van der Waals surface area contributed by atoms with Gasteiger partial charge in [-0.15, -0.1) is 0 Å². The van der Waals surface area contributed by atoms with Crippen molar-refractivity contribution in [3.63, 3.8) is 0 Å². The Morgan fingerprint density at radius 1 is 1.22 bits per heavy atom. The number of hydrogen-bond donors (Lipinski definition) is 2. The third-order valence-electron chi connectivity index (χ3n) is 4.17. The van der Waals surface area contributed by atoms with Crippen LogP contribution >= 0.6 is 0 Å². The van der Waals surface area contributed by atoms with Gasteiger partial charge < -0.3 is 15.5 Å². The molecule has 1 aliphatic carbocycles. The number of ether oxygens (including phenoxy) is 1. The molecule has 0 radical (unpaired) electrons. The number of nitrogens with two attached hydrogens (primary N) is 1. The molecule has 96 valence electrons. The Kier molecular flexibility index (Phi) is 2.78. The van der Waals surface area contributed by atoms with E-state index in [-0.39, 0.29) is 5.54 Å². The van der Waals surface area contributed by atoms with Crippen molar-refractivity contribution in [1.82, 2.24) is 4.98 Å². The number of aromatic amines is 1. The molecule has 0 bridgehead atoms. The Hall–Kier alpha value is -1.48. The Morgan fingerprint density at radius 3 is 2.72 bits per heavy atom. The van der Waals surface area contributed by atoms with Gasteiger partial charge in [-0.3, -0.25) is 0 Å². The molecule has 1 aromatic carbocycles. The number of benzene rings is 1. The molecule has 1 heterocycles. The van der Waals surface area contributed by atoms with Crippen LogP contribution in [0.5, 0.6) is 5.75 Å². The molecule has 1 fully saturated rings. The molecule has 18 heavy (non-hydrogen) atoms. The van der Waals surface area contributed by atoms with E-state index in [1.807, 2.05) is 12.3 Å². The van der Waals surface area contributed by atoms with Crippen LogP contribution in [0.2, 0.25) is 0 Å². The predicted molar refractivity (Wildman–Crippen MR) is 73.8 cm³/mol. The van der Waals surface area contributed by atoms with Gasteiger partial charge in [-0.1, -0.05) is 19.3 Å². The van der Waals surface area contributed by atoms with Crippen LogP contribution in [-0.2, 0) is 5.54 Å². The summed E-state index contributed by atoms with van der Waals surface area (Å²) in [6, 6.07) is 6.34. The lowest BCUT2D eigenvalue weighted by atomic mass is 9.77. The number of nitrogens with one attached hydrogen (secondary N) is 1. The first-order chi connectivity index (χ1) is 8.73. The zero-order valence-electron chi connectivity index (χ0n) is 10.8. The van der Waals surface area contributed by atoms with Crippen LogP contribution in [0.1, 0.15) is 37.7 Å². The fraction of sp³-hybridized carbons (Fsp3) is 0.467. The van der Waals surface area contributed by atoms with Gasteiger partial charge >= 0.3 is 0 Å². The van der Waals surface area contributed by atoms with E-state index in [1.54, 1.807) is 7.11 Å². The van der Waals surface area contributed by atoms with E-state index in [0.717, 1.165) is 29.5 Å². The monoisotopic (exact) mass is 244 g/mol. The smallest absolute Gasteiger partial charge is 0.128 e. The predicted octanol–water partition coefficient (Wildman–Crippen LogP) is 3.29. The van der Waals surface area contributed by atoms with Crippen LogP contribution in [0, 0.1) is 0 Å². The first-order valence-electron chi connectivity index (χ1n) is 6.67. The number of rotatable bonds is 2. The fourth-order valence-corrected chi connectivity index (χ4v) is 3.06. The molecule has 0 atom stereocenters. The highest BCUT2D eigenvalue weighted by atomic mass is 16.5. The van der Waals surface area contributed by atoms with Crippen molar-refractivity contribution in [1.29, 1.82) is 0 Å². The molecular formula is C15H20N2O. The topological polar surface area (TPSA) is 51.0 Å². The summed E-state index contributed by atoms with van der Waals surface area (Å²) in [5, 5.41) is 1.13. The third kappa shape index (κ3) is 1.79. The molecule has 0 amide bonds. The number of aromatic nitrogens is 1. The Morgan fingerprint density at radius 2 is 2.00 bits per heavy atom. The van der Waals surface area contributed by atoms with E-state index in [1.165, 1.54) is 24.8 Å². The normalized spacial score (nSPS) is 19.0. The SMILES string of the molecule is COc1cc(C2(N)CCCCC2)cc2[nH]ccc12. The van der Waals surface area contributed by atoms with Crippen LogP contribution in [0.3, 0.4) is 0 Å². The molecule has 3 rings (SSSR count). The fourth-order valence-electron chi connectivity index (χ4n) is 3.06. The van der Waals surface area contributed by atoms with Crippen LogP contribution in [0.15, 0.2) is 24.4 Å². The van der Waals surface area contributed by atoms with E-state index < -0.39 is 0 Å². The van der Waals surface area contributed by atoms with Gasteiger partial charge in [0.15, 0.2) is 0 Å². The highest BCUT2D eigenvalue weighted by Gasteiger charge is 2.30. The van der Waals surface area contributed by atoms with Crippen molar-refractivity contribution < 1.29 is 4.74 Å². The van der Waals surface area contributed by atoms with Gasteiger partial charge in [0.25, 0.3) is 0 Å². The summed E-state index contributed by atoms with van der Waals surface area (Å²) in [7, 11) is 1.72. The quantitative estimate of drug-likeness (QED) is 0.851. The van der Waals surface area contributed by atoms with Crippen LogP contribution in [0.25, 0.3) is 10.9 Å². The molecule has 0 unspecified atom stereocenters. The molecule has 3 N–H and O–H groups in total. The van der Waals surface area contributed by atoms with E-state index in [9.17, 15) is 0 Å². The molecule has 0 saturated heterocycles. The minimum Gasteiger partial charge on any atom is -0.496 e. The minimum absolute atomic E-state index is 0.176. The van der Waals surface area contributed by atoms with Gasteiger partial charge in [0.05, 0.1) is 7.11 Å². The molecule has 0 spiro atoms. The zero-order valence-corrected chi connectivity index (χ0v) is 10.8. The van der Waals surface area contributed by atoms with Gasteiger partial charge in [-0.25, -0.2) is 0 Å². The lowest BCUT2D eigenvalue weighted by molar-refractivity contribution is 0.301. The standard InChI is InChI=1S/C15H20N2O/c1-18-14-10-11(9-13-12(14)5-8-17-13)15(16)6-3-2-4-7-15/h5,8-10,17H,2-4,6-7,16H2,1H3. The lowest BCUT2D eigenvalue weighted by Crippen LogP contribution is -2.38. The summed E-state index contributed by atoms with van der Waals surface area (Å²) in [6.45, 7) is 0. The van der Waals surface area contributed by atoms with Crippen LogP contribution in [0.4, 0.5) is 0 Å². The lowest BCUT2D eigenvalue weighted by Gasteiger charge is -2.34. The number of hydrogen-bond acceptors (Lipinski definition) is 2. The van der Waals surface area contributed by atoms with Gasteiger partial charge in [0.2, 0.25) is 0 Å². The molecule has 0 aliphatic heterocycles. The molecule has 1 aliphatic rings. The number of H-pyrrole nitrogens is 1. The summed E-state index contributed by atoms with van der Waals surface area (Å²) < 4.78 is 5.49. The highest BCUT2D eigenvalue weighted by Crippen LogP contribution is 2.38. The van der Waals surface area contributed by atoms with Gasteiger partial charge in [-0.2, -0.15) is 0 Å². The van der Waals surface area contributed by atoms with Gasteiger partial charge in [0, 0.05) is 22.6 Å². The molecule has 1 aromatic heterocycles. The Balaban J connectivity index is 2.10. The first-order valence-corrected chi connectivity index (χ1v) is 6.67. The molecule has 2 aromatic rings.